The van der Waals surface area contributed by atoms with Gasteiger partial charge in [-0.15, -0.1) is 0 Å². The van der Waals surface area contributed by atoms with Gasteiger partial charge in [0.15, 0.2) is 0 Å². The number of carbonyl (C=O) groups excluding carboxylic acids is 1. The molecule has 0 aromatic rings. The van der Waals surface area contributed by atoms with Crippen LogP contribution in [-0.2, 0) is 19.1 Å². The maximum atomic E-state index is 9.86. The van der Waals surface area contributed by atoms with Gasteiger partial charge in [0.1, 0.15) is 6.29 Å². The van der Waals surface area contributed by atoms with Gasteiger partial charge in [-0.3, -0.25) is 20.4 Å². The molecule has 0 spiro atoms. The molecule has 9 heteroatoms. The van der Waals surface area contributed by atoms with E-state index in [1.807, 2.05) is 34.9 Å². The molecule has 0 aliphatic carbocycles. The zero-order valence-electron chi connectivity index (χ0n) is 18.2. The molecule has 0 aromatic carbocycles. The van der Waals surface area contributed by atoms with E-state index in [9.17, 15) is 4.79 Å². The molecule has 0 atom stereocenters. The van der Waals surface area contributed by atoms with Gasteiger partial charge >= 0.3 is 0 Å². The van der Waals surface area contributed by atoms with Crippen molar-refractivity contribution >= 4 is 18.5 Å². The molecule has 3 N–H and O–H groups in total. The highest BCUT2D eigenvalue weighted by atomic mass is 16.5. The summed E-state index contributed by atoms with van der Waals surface area (Å²) in [6.45, 7) is 9.87. The lowest BCUT2D eigenvalue weighted by Crippen LogP contribution is -2.18. The van der Waals surface area contributed by atoms with Crippen molar-refractivity contribution in [1.82, 2.24) is 10.0 Å². The lowest BCUT2D eigenvalue weighted by atomic mass is 10.4. The summed E-state index contributed by atoms with van der Waals surface area (Å²) in [6.07, 6.45) is 5.67. The summed E-state index contributed by atoms with van der Waals surface area (Å²) >= 11 is 0. The van der Waals surface area contributed by atoms with Gasteiger partial charge in [-0.2, -0.15) is 5.10 Å². The number of nitrogens with zero attached hydrogens (tertiary/aromatic N) is 3. The highest BCUT2D eigenvalue weighted by Crippen LogP contribution is 1.89. The molecule has 0 aliphatic heterocycles. The van der Waals surface area contributed by atoms with Crippen LogP contribution in [0, 0.1) is 0 Å². The van der Waals surface area contributed by atoms with Crippen LogP contribution in [0.15, 0.2) is 28.8 Å². The molecule has 0 unspecified atom stereocenters. The first-order valence-corrected chi connectivity index (χ1v) is 8.29. The second-order valence-corrected chi connectivity index (χ2v) is 5.33. The Kier molecular flexibility index (Phi) is 30.9. The van der Waals surface area contributed by atoms with Crippen molar-refractivity contribution < 1.29 is 24.2 Å². The molecule has 0 rings (SSSR count). The van der Waals surface area contributed by atoms with Crippen LogP contribution in [0.2, 0.25) is 0 Å². The predicted molar refractivity (Wildman–Crippen MR) is 110 cm³/mol. The Labute approximate surface area is 164 Å². The van der Waals surface area contributed by atoms with Crippen LogP contribution in [-0.4, -0.2) is 75.0 Å². The van der Waals surface area contributed by atoms with E-state index in [1.165, 1.54) is 11.3 Å². The number of hydrazine groups is 1. The maximum absolute atomic E-state index is 9.86. The van der Waals surface area contributed by atoms with Crippen molar-refractivity contribution in [2.24, 2.45) is 10.9 Å². The molecule has 0 aromatic heterocycles. The minimum Gasteiger partial charge on any atom is -0.501 e. The van der Waals surface area contributed by atoms with E-state index in [2.05, 4.69) is 5.10 Å². The molecule has 9 nitrogen and oxygen atoms in total. The highest BCUT2D eigenvalue weighted by Gasteiger charge is 1.82. The summed E-state index contributed by atoms with van der Waals surface area (Å²) in [6, 6.07) is 0. The van der Waals surface area contributed by atoms with Crippen LogP contribution in [0.25, 0.3) is 0 Å². The summed E-state index contributed by atoms with van der Waals surface area (Å²) in [5.41, 5.74) is 1.63. The zero-order valence-corrected chi connectivity index (χ0v) is 18.2. The van der Waals surface area contributed by atoms with Crippen LogP contribution < -0.4 is 5.84 Å². The van der Waals surface area contributed by atoms with Crippen LogP contribution in [0.3, 0.4) is 0 Å². The Morgan fingerprint density at radius 3 is 1.59 bits per heavy atom. The number of carbonyl (C=O) groups is 2. The summed E-state index contributed by atoms with van der Waals surface area (Å²) in [7, 11) is 7.31. The van der Waals surface area contributed by atoms with Crippen molar-refractivity contribution in [2.45, 2.75) is 34.6 Å². The summed E-state index contributed by atoms with van der Waals surface area (Å²) in [5.74, 6) is 4.11. The monoisotopic (exact) mass is 390 g/mol. The predicted octanol–water partition coefficient (Wildman–Crippen LogP) is 2.11. The van der Waals surface area contributed by atoms with E-state index < -0.39 is 5.97 Å². The first kappa shape index (κ1) is 32.3. The third-order valence-electron chi connectivity index (χ3n) is 1.55. The first-order chi connectivity index (χ1) is 12.4. The molecule has 0 fully saturated rings. The molecule has 0 saturated heterocycles. The van der Waals surface area contributed by atoms with Crippen molar-refractivity contribution in [3.63, 3.8) is 0 Å². The second kappa shape index (κ2) is 25.8. The van der Waals surface area contributed by atoms with Crippen LogP contribution >= 0.6 is 0 Å². The molecule has 0 saturated carbocycles. The van der Waals surface area contributed by atoms with Crippen LogP contribution in [0.1, 0.15) is 34.6 Å². The summed E-state index contributed by atoms with van der Waals surface area (Å²) in [5, 5.41) is 14.7. The molecule has 0 heterocycles. The van der Waals surface area contributed by atoms with Gasteiger partial charge in [0.2, 0.25) is 0 Å². The number of aldehydes is 1. The van der Waals surface area contributed by atoms with E-state index in [4.69, 9.17) is 25.2 Å². The highest BCUT2D eigenvalue weighted by molar-refractivity contribution is 5.76. The average Bonchev–Trinajstić information content (AvgIpc) is 2.55. The fourth-order valence-electron chi connectivity index (χ4n) is 0.694. The van der Waals surface area contributed by atoms with E-state index in [0.717, 1.165) is 18.8 Å². The molecule has 27 heavy (non-hydrogen) atoms. The maximum Gasteiger partial charge on any atom is 0.300 e. The number of nitrogens with two attached hydrogens (primary N) is 1. The van der Waals surface area contributed by atoms with Gasteiger partial charge in [0.05, 0.1) is 32.0 Å². The molecule has 0 radical (unpaired) electrons. The quantitative estimate of drug-likeness (QED) is 0.169. The number of rotatable bonds is 7. The summed E-state index contributed by atoms with van der Waals surface area (Å²) in [4.78, 5) is 18.9. The number of hydrogen-bond acceptors (Lipinski definition) is 8. The van der Waals surface area contributed by atoms with E-state index in [0.29, 0.717) is 18.8 Å². The third kappa shape index (κ3) is 69.3. The van der Waals surface area contributed by atoms with E-state index >= 15 is 0 Å². The number of aliphatic carboxylic acids is 1. The van der Waals surface area contributed by atoms with Gasteiger partial charge in [-0.25, -0.2) is 0 Å². The van der Waals surface area contributed by atoms with Crippen molar-refractivity contribution in [1.29, 1.82) is 0 Å². The number of hydrogen-bond donors (Lipinski definition) is 2. The number of hydrazone groups is 1. The zero-order chi connectivity index (χ0) is 22.3. The lowest BCUT2D eigenvalue weighted by molar-refractivity contribution is -0.134. The Balaban J connectivity index is -0.000000144. The normalized spacial score (nSPS) is 10.5. The Bertz CT molecular complexity index is 427. The van der Waals surface area contributed by atoms with Gasteiger partial charge in [0, 0.05) is 46.3 Å². The van der Waals surface area contributed by atoms with Crippen LogP contribution in [0.4, 0.5) is 0 Å². The molecule has 160 valence electrons. The lowest BCUT2D eigenvalue weighted by Gasteiger charge is -2.02. The van der Waals surface area contributed by atoms with Gasteiger partial charge in [-0.1, -0.05) is 0 Å². The minimum atomic E-state index is -0.833. The second-order valence-electron chi connectivity index (χ2n) is 5.33. The smallest absolute Gasteiger partial charge is 0.300 e. The average molecular weight is 391 g/mol. The standard InChI is InChI=1S/C8H16N2O.C6H10O2.C2H8N2.C2H4O2/c1-5-11-7-8(2)6-9-10(3)4;1-3-8-5-6(2)4-7;1-4(2)3;1-2(3)4/h6-7H,5H2,1-4H3;4-5H,3H2,1-2H3;3H2,1-2H3;1H3,(H,3,4)/b8-7+,9-6+;6-5+;;. The molecular weight excluding hydrogens is 352 g/mol. The fraction of sp³-hybridized carbons (Fsp3) is 0.611. The number of carboxylic acid groups (broad SMARTS) is 1. The van der Waals surface area contributed by atoms with Crippen LogP contribution in [0.5, 0.6) is 0 Å². The fourth-order valence-corrected chi connectivity index (χ4v) is 0.694. The van der Waals surface area contributed by atoms with E-state index in [-0.39, 0.29) is 0 Å². The Hall–Kier alpha value is -2.39. The number of carboxylic acids is 1. The molecule has 0 amide bonds. The topological polar surface area (TPSA) is 118 Å². The van der Waals surface area contributed by atoms with Crippen molar-refractivity contribution in [3.05, 3.63) is 23.7 Å². The summed E-state index contributed by atoms with van der Waals surface area (Å²) < 4.78 is 9.85. The Morgan fingerprint density at radius 2 is 1.33 bits per heavy atom. The van der Waals surface area contributed by atoms with Gasteiger partial charge in [-0.05, 0) is 27.7 Å². The minimum absolute atomic E-state index is 0.616. The molecule has 0 aliphatic rings. The van der Waals surface area contributed by atoms with E-state index in [1.54, 1.807) is 38.5 Å². The van der Waals surface area contributed by atoms with Crippen molar-refractivity contribution in [2.75, 3.05) is 41.4 Å². The van der Waals surface area contributed by atoms with Gasteiger partial charge < -0.3 is 19.6 Å². The SMILES string of the molecule is CC(=O)O.CCO/C=C(C)/C=N/N(C)C.CCO/C=C(\C)C=O.CN(C)N. The third-order valence-corrected chi connectivity index (χ3v) is 1.55. The van der Waals surface area contributed by atoms with Crippen molar-refractivity contribution in [3.8, 4) is 0 Å². The first-order valence-electron chi connectivity index (χ1n) is 8.29. The van der Waals surface area contributed by atoms with Gasteiger partial charge in [0.25, 0.3) is 5.97 Å². The Morgan fingerprint density at radius 1 is 1.00 bits per heavy atom. The number of allylic oxidation sites excluding steroid dienone is 2. The largest absolute Gasteiger partial charge is 0.501 e. The molecule has 0 bridgehead atoms. The molecular formula is C18H38N4O5. The number of ether oxygens (including phenoxy) is 2.